The molecule has 1 N–H and O–H groups in total. The van der Waals surface area contributed by atoms with Crippen molar-refractivity contribution < 1.29 is 9.59 Å². The molecule has 3 rings (SSSR count). The molecule has 2 amide bonds. The standard InChI is InChI=1S/C19H26ClN5O2/c1-21-19(22-8-9-25-17(26)6-3-7-18(25)27)24-12-10-23(11-13-24)16-5-2-4-15(20)14-16/h2,4-5,14H,3,6-13H2,1H3,(H,21,22). The average Bonchev–Trinajstić information content (AvgIpc) is 2.67. The first-order valence-corrected chi connectivity index (χ1v) is 9.75. The van der Waals surface area contributed by atoms with E-state index in [2.05, 4.69) is 26.2 Å². The minimum absolute atomic E-state index is 0.0711. The predicted molar refractivity (Wildman–Crippen MR) is 107 cm³/mol. The largest absolute Gasteiger partial charge is 0.368 e. The van der Waals surface area contributed by atoms with E-state index in [4.69, 9.17) is 11.6 Å². The van der Waals surface area contributed by atoms with E-state index >= 15 is 0 Å². The SMILES string of the molecule is CN=C(NCCN1C(=O)CCCC1=O)N1CCN(c2cccc(Cl)c2)CC1. The second-order valence-corrected chi connectivity index (χ2v) is 7.16. The summed E-state index contributed by atoms with van der Waals surface area (Å²) in [7, 11) is 1.75. The Balaban J connectivity index is 1.48. The van der Waals surface area contributed by atoms with Crippen molar-refractivity contribution in [1.82, 2.24) is 15.1 Å². The number of nitrogens with one attached hydrogen (secondary N) is 1. The number of anilines is 1. The molecule has 0 spiro atoms. The highest BCUT2D eigenvalue weighted by molar-refractivity contribution is 6.30. The molecular weight excluding hydrogens is 366 g/mol. The zero-order valence-corrected chi connectivity index (χ0v) is 16.4. The van der Waals surface area contributed by atoms with Crippen molar-refractivity contribution in [3.8, 4) is 0 Å². The second-order valence-electron chi connectivity index (χ2n) is 6.72. The maximum absolute atomic E-state index is 11.9. The predicted octanol–water partition coefficient (Wildman–Crippen LogP) is 1.58. The lowest BCUT2D eigenvalue weighted by Crippen LogP contribution is -2.53. The Morgan fingerprint density at radius 2 is 1.85 bits per heavy atom. The van der Waals surface area contributed by atoms with Crippen molar-refractivity contribution in [2.24, 2.45) is 4.99 Å². The van der Waals surface area contributed by atoms with Gasteiger partial charge in [0.1, 0.15) is 0 Å². The fourth-order valence-corrected chi connectivity index (χ4v) is 3.69. The first-order chi connectivity index (χ1) is 13.1. The van der Waals surface area contributed by atoms with Gasteiger partial charge in [0.15, 0.2) is 5.96 Å². The molecule has 0 bridgehead atoms. The van der Waals surface area contributed by atoms with Gasteiger partial charge >= 0.3 is 0 Å². The molecule has 0 aliphatic carbocycles. The zero-order chi connectivity index (χ0) is 19.2. The number of amides is 2. The van der Waals surface area contributed by atoms with Crippen LogP contribution in [0, 0.1) is 0 Å². The van der Waals surface area contributed by atoms with Gasteiger partial charge in [-0.3, -0.25) is 19.5 Å². The van der Waals surface area contributed by atoms with Crippen molar-refractivity contribution in [3.05, 3.63) is 29.3 Å². The molecule has 0 radical (unpaired) electrons. The lowest BCUT2D eigenvalue weighted by molar-refractivity contribution is -0.147. The van der Waals surface area contributed by atoms with Crippen LogP contribution in [0.15, 0.2) is 29.3 Å². The van der Waals surface area contributed by atoms with E-state index in [1.165, 1.54) is 4.90 Å². The summed E-state index contributed by atoms with van der Waals surface area (Å²) in [5, 5.41) is 4.03. The van der Waals surface area contributed by atoms with Gasteiger partial charge in [-0.05, 0) is 24.6 Å². The molecule has 2 aliphatic heterocycles. The van der Waals surface area contributed by atoms with Gasteiger partial charge in [0.2, 0.25) is 11.8 Å². The number of halogens is 1. The van der Waals surface area contributed by atoms with Crippen LogP contribution in [0.4, 0.5) is 5.69 Å². The first-order valence-electron chi connectivity index (χ1n) is 9.38. The maximum atomic E-state index is 11.9. The number of guanidine groups is 1. The van der Waals surface area contributed by atoms with Gasteiger partial charge in [-0.15, -0.1) is 0 Å². The maximum Gasteiger partial charge on any atom is 0.229 e. The number of rotatable bonds is 4. The Bertz CT molecular complexity index is 700. The van der Waals surface area contributed by atoms with Gasteiger partial charge < -0.3 is 15.1 Å². The molecule has 2 aliphatic rings. The van der Waals surface area contributed by atoms with Gasteiger partial charge in [0.05, 0.1) is 0 Å². The highest BCUT2D eigenvalue weighted by Crippen LogP contribution is 2.20. The molecule has 2 saturated heterocycles. The number of piperidine rings is 1. The van der Waals surface area contributed by atoms with Gasteiger partial charge in [-0.1, -0.05) is 17.7 Å². The monoisotopic (exact) mass is 391 g/mol. The number of benzene rings is 1. The number of carbonyl (C=O) groups excluding carboxylic acids is 2. The second kappa shape index (κ2) is 9.08. The van der Waals surface area contributed by atoms with Crippen LogP contribution < -0.4 is 10.2 Å². The minimum Gasteiger partial charge on any atom is -0.368 e. The van der Waals surface area contributed by atoms with E-state index in [0.717, 1.165) is 42.8 Å². The number of piperazine rings is 1. The summed E-state index contributed by atoms with van der Waals surface area (Å²) in [6.45, 7) is 4.34. The van der Waals surface area contributed by atoms with Crippen LogP contribution in [0.1, 0.15) is 19.3 Å². The molecule has 2 fully saturated rings. The lowest BCUT2D eigenvalue weighted by Gasteiger charge is -2.38. The summed E-state index contributed by atoms with van der Waals surface area (Å²) >= 11 is 6.09. The fourth-order valence-electron chi connectivity index (χ4n) is 3.51. The van der Waals surface area contributed by atoms with Crippen LogP contribution >= 0.6 is 11.6 Å². The summed E-state index contributed by atoms with van der Waals surface area (Å²) in [6, 6.07) is 7.90. The van der Waals surface area contributed by atoms with E-state index < -0.39 is 0 Å². The summed E-state index contributed by atoms with van der Waals surface area (Å²) in [5.74, 6) is 0.661. The van der Waals surface area contributed by atoms with Crippen molar-refractivity contribution in [1.29, 1.82) is 0 Å². The number of carbonyl (C=O) groups is 2. The van der Waals surface area contributed by atoms with Crippen LogP contribution in [-0.2, 0) is 9.59 Å². The molecule has 0 saturated carbocycles. The number of aliphatic imine (C=N–C) groups is 1. The highest BCUT2D eigenvalue weighted by atomic mass is 35.5. The Morgan fingerprint density at radius 3 is 2.48 bits per heavy atom. The highest BCUT2D eigenvalue weighted by Gasteiger charge is 2.26. The topological polar surface area (TPSA) is 68.2 Å². The Morgan fingerprint density at radius 1 is 1.15 bits per heavy atom. The normalized spacial score (nSPS) is 18.9. The average molecular weight is 392 g/mol. The molecule has 27 heavy (non-hydrogen) atoms. The van der Waals surface area contributed by atoms with E-state index in [0.29, 0.717) is 32.4 Å². The molecule has 8 heteroatoms. The van der Waals surface area contributed by atoms with E-state index in [1.807, 2.05) is 18.2 Å². The van der Waals surface area contributed by atoms with E-state index in [1.54, 1.807) is 7.05 Å². The molecule has 1 aromatic carbocycles. The van der Waals surface area contributed by atoms with Crippen LogP contribution in [0.25, 0.3) is 0 Å². The first kappa shape index (κ1) is 19.5. The van der Waals surface area contributed by atoms with Gasteiger partial charge in [0.25, 0.3) is 0 Å². The molecule has 0 atom stereocenters. The van der Waals surface area contributed by atoms with Crippen molar-refractivity contribution >= 4 is 35.1 Å². The lowest BCUT2D eigenvalue weighted by atomic mass is 10.1. The van der Waals surface area contributed by atoms with E-state index in [-0.39, 0.29) is 11.8 Å². The van der Waals surface area contributed by atoms with Crippen molar-refractivity contribution in [2.45, 2.75) is 19.3 Å². The number of imide groups is 1. The van der Waals surface area contributed by atoms with Crippen LogP contribution in [0.5, 0.6) is 0 Å². The van der Waals surface area contributed by atoms with Crippen molar-refractivity contribution in [2.75, 3.05) is 51.2 Å². The summed E-state index contributed by atoms with van der Waals surface area (Å²) < 4.78 is 0. The van der Waals surface area contributed by atoms with Gasteiger partial charge in [0, 0.05) is 69.9 Å². The van der Waals surface area contributed by atoms with Crippen LogP contribution in [0.2, 0.25) is 5.02 Å². The molecule has 146 valence electrons. The number of likely N-dealkylation sites (tertiary alicyclic amines) is 1. The Kier molecular flexibility index (Phi) is 6.55. The Labute approximate surface area is 165 Å². The fraction of sp³-hybridized carbons (Fsp3) is 0.526. The van der Waals surface area contributed by atoms with Crippen LogP contribution in [-0.4, -0.2) is 73.9 Å². The zero-order valence-electron chi connectivity index (χ0n) is 15.7. The quantitative estimate of drug-likeness (QED) is 0.479. The number of hydrogen-bond donors (Lipinski definition) is 1. The molecule has 0 unspecified atom stereocenters. The Hall–Kier alpha value is -2.28. The molecule has 2 heterocycles. The molecule has 1 aromatic rings. The summed E-state index contributed by atoms with van der Waals surface area (Å²) in [6.07, 6.45) is 1.60. The smallest absolute Gasteiger partial charge is 0.229 e. The minimum atomic E-state index is -0.0711. The molecule has 0 aromatic heterocycles. The molecule has 7 nitrogen and oxygen atoms in total. The van der Waals surface area contributed by atoms with Gasteiger partial charge in [-0.25, -0.2) is 0 Å². The third kappa shape index (κ3) is 4.91. The molecular formula is C19H26ClN5O2. The third-order valence-electron chi connectivity index (χ3n) is 4.97. The summed E-state index contributed by atoms with van der Waals surface area (Å²) in [4.78, 5) is 33.9. The van der Waals surface area contributed by atoms with Gasteiger partial charge in [-0.2, -0.15) is 0 Å². The number of hydrogen-bond acceptors (Lipinski definition) is 4. The van der Waals surface area contributed by atoms with Crippen molar-refractivity contribution in [3.63, 3.8) is 0 Å². The summed E-state index contributed by atoms with van der Waals surface area (Å²) in [5.41, 5.74) is 1.13. The van der Waals surface area contributed by atoms with Crippen LogP contribution in [0.3, 0.4) is 0 Å². The third-order valence-corrected chi connectivity index (χ3v) is 5.20. The number of nitrogens with zero attached hydrogens (tertiary/aromatic N) is 4. The van der Waals surface area contributed by atoms with E-state index in [9.17, 15) is 9.59 Å².